The molecular weight excluding hydrogens is 454 g/mol. The van der Waals surface area contributed by atoms with Crippen LogP contribution in [-0.2, 0) is 21.4 Å². The van der Waals surface area contributed by atoms with Crippen molar-refractivity contribution in [1.82, 2.24) is 10.2 Å². The van der Waals surface area contributed by atoms with E-state index in [1.165, 1.54) is 17.2 Å². The second-order valence-electron chi connectivity index (χ2n) is 8.41. The molecule has 2 heterocycles. The van der Waals surface area contributed by atoms with Crippen molar-refractivity contribution in [2.24, 2.45) is 0 Å². The maximum absolute atomic E-state index is 13.2. The van der Waals surface area contributed by atoms with Crippen LogP contribution in [0.2, 0.25) is 0 Å². The van der Waals surface area contributed by atoms with Crippen LogP contribution in [0, 0.1) is 13.8 Å². The van der Waals surface area contributed by atoms with Crippen LogP contribution >= 0.6 is 0 Å². The average molecular weight is 482 g/mol. The van der Waals surface area contributed by atoms with Crippen molar-refractivity contribution < 1.29 is 22.4 Å². The van der Waals surface area contributed by atoms with Crippen molar-refractivity contribution in [3.63, 3.8) is 0 Å². The number of aryl methyl sites for hydroxylation is 2. The fourth-order valence-corrected chi connectivity index (χ4v) is 5.46. The molecular formula is C25H27N3O5S. The molecule has 34 heavy (non-hydrogen) atoms. The van der Waals surface area contributed by atoms with E-state index in [-0.39, 0.29) is 28.9 Å². The number of anilines is 1. The molecule has 2 amide bonds. The molecule has 0 saturated carbocycles. The monoisotopic (exact) mass is 481 g/mol. The molecule has 1 aliphatic heterocycles. The van der Waals surface area contributed by atoms with Crippen molar-refractivity contribution in [2.75, 3.05) is 11.3 Å². The van der Waals surface area contributed by atoms with Gasteiger partial charge in [0.25, 0.3) is 15.9 Å². The van der Waals surface area contributed by atoms with Crippen molar-refractivity contribution in [3.05, 3.63) is 83.3 Å². The highest BCUT2D eigenvalue weighted by Crippen LogP contribution is 2.24. The van der Waals surface area contributed by atoms with E-state index in [2.05, 4.69) is 10.0 Å². The fraction of sp³-hybridized carbons (Fsp3) is 0.280. The van der Waals surface area contributed by atoms with Gasteiger partial charge in [-0.15, -0.1) is 0 Å². The van der Waals surface area contributed by atoms with Crippen LogP contribution in [0.3, 0.4) is 0 Å². The van der Waals surface area contributed by atoms with Crippen molar-refractivity contribution in [2.45, 2.75) is 44.2 Å². The zero-order chi connectivity index (χ0) is 24.3. The Morgan fingerprint density at radius 1 is 1.09 bits per heavy atom. The SMILES string of the molecule is Cc1ccc(C)c(S(=O)(=O)Nc2cccc(C(=O)N3CCCC3C(=O)NCc3ccco3)c2)c1. The van der Waals surface area contributed by atoms with Crippen LogP contribution in [0.25, 0.3) is 0 Å². The number of hydrogen-bond donors (Lipinski definition) is 2. The Labute approximate surface area is 199 Å². The standard InChI is InChI=1S/C25H27N3O5S/c1-17-10-11-18(2)23(14-17)34(31,32)27-20-7-3-6-19(15-20)25(30)28-12-4-9-22(28)24(29)26-16-21-8-5-13-33-21/h3,5-8,10-11,13-15,22,27H,4,9,12,16H2,1-2H3,(H,26,29). The number of rotatable bonds is 7. The van der Waals surface area contributed by atoms with Gasteiger partial charge in [0.15, 0.2) is 0 Å². The van der Waals surface area contributed by atoms with Crippen LogP contribution in [-0.4, -0.2) is 37.7 Å². The number of amides is 2. The highest BCUT2D eigenvalue weighted by Gasteiger charge is 2.34. The first-order valence-electron chi connectivity index (χ1n) is 11.1. The Morgan fingerprint density at radius 3 is 2.68 bits per heavy atom. The minimum atomic E-state index is -3.83. The molecule has 0 bridgehead atoms. The number of sulfonamides is 1. The summed E-state index contributed by atoms with van der Waals surface area (Å²) in [5.41, 5.74) is 2.06. The number of carbonyl (C=O) groups excluding carboxylic acids is 2. The summed E-state index contributed by atoms with van der Waals surface area (Å²) in [5.74, 6) is 0.0746. The Bertz CT molecular complexity index is 1300. The lowest BCUT2D eigenvalue weighted by Crippen LogP contribution is -2.45. The van der Waals surface area contributed by atoms with Gasteiger partial charge in [-0.25, -0.2) is 8.42 Å². The third-order valence-corrected chi connectivity index (χ3v) is 7.35. The van der Waals surface area contributed by atoms with Crippen LogP contribution in [0.15, 0.2) is 70.2 Å². The van der Waals surface area contributed by atoms with Crippen LogP contribution in [0.5, 0.6) is 0 Å². The lowest BCUT2D eigenvalue weighted by Gasteiger charge is -2.24. The molecule has 1 unspecified atom stereocenters. The maximum atomic E-state index is 13.2. The van der Waals surface area contributed by atoms with Gasteiger partial charge in [0.1, 0.15) is 11.8 Å². The predicted octanol–water partition coefficient (Wildman–Crippen LogP) is 3.62. The van der Waals surface area contributed by atoms with E-state index in [0.717, 1.165) is 5.56 Å². The van der Waals surface area contributed by atoms with E-state index >= 15 is 0 Å². The molecule has 3 aromatic rings. The van der Waals surface area contributed by atoms with Crippen LogP contribution in [0.1, 0.15) is 40.1 Å². The molecule has 1 aliphatic rings. The fourth-order valence-electron chi connectivity index (χ4n) is 4.08. The van der Waals surface area contributed by atoms with Gasteiger partial charge in [-0.05, 0) is 74.2 Å². The number of hydrogen-bond acceptors (Lipinski definition) is 5. The number of nitrogens with zero attached hydrogens (tertiary/aromatic N) is 1. The topological polar surface area (TPSA) is 109 Å². The summed E-state index contributed by atoms with van der Waals surface area (Å²) < 4.78 is 33.7. The van der Waals surface area contributed by atoms with Crippen molar-refractivity contribution >= 4 is 27.5 Å². The zero-order valence-corrected chi connectivity index (χ0v) is 19.9. The number of likely N-dealkylation sites (tertiary alicyclic amines) is 1. The molecule has 1 atom stereocenters. The van der Waals surface area contributed by atoms with E-state index in [0.29, 0.717) is 36.3 Å². The summed E-state index contributed by atoms with van der Waals surface area (Å²) in [6.07, 6.45) is 2.81. The van der Waals surface area contributed by atoms with Gasteiger partial charge in [0, 0.05) is 17.8 Å². The smallest absolute Gasteiger partial charge is 0.262 e. The second kappa shape index (κ2) is 9.72. The molecule has 2 N–H and O–H groups in total. The maximum Gasteiger partial charge on any atom is 0.262 e. The highest BCUT2D eigenvalue weighted by atomic mass is 32.2. The summed E-state index contributed by atoms with van der Waals surface area (Å²) in [6, 6.07) is 14.5. The van der Waals surface area contributed by atoms with Gasteiger partial charge in [-0.3, -0.25) is 14.3 Å². The average Bonchev–Trinajstić information content (AvgIpc) is 3.50. The zero-order valence-electron chi connectivity index (χ0n) is 19.1. The molecule has 2 aromatic carbocycles. The van der Waals surface area contributed by atoms with E-state index in [9.17, 15) is 18.0 Å². The molecule has 1 saturated heterocycles. The molecule has 0 spiro atoms. The third kappa shape index (κ3) is 5.14. The number of furan rings is 1. The Morgan fingerprint density at radius 2 is 1.91 bits per heavy atom. The third-order valence-electron chi connectivity index (χ3n) is 5.83. The quantitative estimate of drug-likeness (QED) is 0.536. The highest BCUT2D eigenvalue weighted by molar-refractivity contribution is 7.92. The van der Waals surface area contributed by atoms with Gasteiger partial charge in [0.05, 0.1) is 17.7 Å². The minimum Gasteiger partial charge on any atom is -0.467 e. The molecule has 1 fully saturated rings. The molecule has 178 valence electrons. The molecule has 0 aliphatic carbocycles. The Balaban J connectivity index is 1.48. The number of carbonyl (C=O) groups is 2. The largest absolute Gasteiger partial charge is 0.467 e. The first kappa shape index (κ1) is 23.6. The number of benzene rings is 2. The van der Waals surface area contributed by atoms with E-state index in [1.807, 2.05) is 13.0 Å². The Kier molecular flexibility index (Phi) is 6.74. The lowest BCUT2D eigenvalue weighted by atomic mass is 10.1. The Hall–Kier alpha value is -3.59. The molecule has 1 aromatic heterocycles. The predicted molar refractivity (Wildman–Crippen MR) is 128 cm³/mol. The van der Waals surface area contributed by atoms with Gasteiger partial charge >= 0.3 is 0 Å². The summed E-state index contributed by atoms with van der Waals surface area (Å²) in [7, 11) is -3.83. The normalized spacial score (nSPS) is 15.8. The minimum absolute atomic E-state index is 0.192. The van der Waals surface area contributed by atoms with Gasteiger partial charge in [-0.1, -0.05) is 18.2 Å². The van der Waals surface area contributed by atoms with Crippen LogP contribution in [0.4, 0.5) is 5.69 Å². The first-order chi connectivity index (χ1) is 16.2. The molecule has 0 radical (unpaired) electrons. The van der Waals surface area contributed by atoms with Crippen LogP contribution < -0.4 is 10.0 Å². The van der Waals surface area contributed by atoms with Gasteiger partial charge in [0.2, 0.25) is 5.91 Å². The first-order valence-corrected chi connectivity index (χ1v) is 12.5. The molecule has 8 nitrogen and oxygen atoms in total. The molecule has 9 heteroatoms. The summed E-state index contributed by atoms with van der Waals surface area (Å²) in [5, 5.41) is 2.82. The number of nitrogens with one attached hydrogen (secondary N) is 2. The van der Waals surface area contributed by atoms with E-state index < -0.39 is 16.1 Å². The lowest BCUT2D eigenvalue weighted by molar-refractivity contribution is -0.125. The van der Waals surface area contributed by atoms with Gasteiger partial charge in [-0.2, -0.15) is 0 Å². The second-order valence-corrected chi connectivity index (χ2v) is 10.1. The molecule has 4 rings (SSSR count). The van der Waals surface area contributed by atoms with Gasteiger partial charge < -0.3 is 14.6 Å². The van der Waals surface area contributed by atoms with E-state index in [4.69, 9.17) is 4.42 Å². The van der Waals surface area contributed by atoms with Crippen molar-refractivity contribution in [1.29, 1.82) is 0 Å². The summed E-state index contributed by atoms with van der Waals surface area (Å²) in [6.45, 7) is 4.27. The van der Waals surface area contributed by atoms with Crippen molar-refractivity contribution in [3.8, 4) is 0 Å². The summed E-state index contributed by atoms with van der Waals surface area (Å²) >= 11 is 0. The van der Waals surface area contributed by atoms with E-state index in [1.54, 1.807) is 49.4 Å². The summed E-state index contributed by atoms with van der Waals surface area (Å²) in [4.78, 5) is 27.7.